The molecule has 0 aliphatic rings. The molecule has 1 heterocycles. The lowest BCUT2D eigenvalue weighted by Gasteiger charge is -2.28. The van der Waals surface area contributed by atoms with Crippen LogP contribution in [0.1, 0.15) is 117 Å². The van der Waals surface area contributed by atoms with E-state index in [-0.39, 0.29) is 54.5 Å². The summed E-state index contributed by atoms with van der Waals surface area (Å²) in [5.41, 5.74) is 13.3. The van der Waals surface area contributed by atoms with E-state index in [4.69, 9.17) is 16.5 Å². The first kappa shape index (κ1) is 41.0. The van der Waals surface area contributed by atoms with E-state index < -0.39 is 35.7 Å². The number of carbonyl (C=O) groups is 5. The molecule has 6 N–H and O–H groups in total. The number of nitrogens with zero attached hydrogens (tertiary/aromatic N) is 1. The minimum Gasteiger partial charge on any atom is -0.368 e. The monoisotopic (exact) mass is 685 g/mol. The Bertz CT molecular complexity index is 1390. The number of nitrogens with one attached hydrogen (secondary N) is 2. The highest BCUT2D eigenvalue weighted by Crippen LogP contribution is 2.29. The van der Waals surface area contributed by atoms with Crippen molar-refractivity contribution in [2.24, 2.45) is 41.1 Å². The molecule has 0 unspecified atom stereocenters. The third-order valence-electron chi connectivity index (χ3n) is 9.06. The molecule has 1 aromatic carbocycles. The molecule has 2 aromatic rings. The Morgan fingerprint density at radius 1 is 0.875 bits per heavy atom. The van der Waals surface area contributed by atoms with Crippen LogP contribution in [0.15, 0.2) is 18.2 Å². The van der Waals surface area contributed by atoms with Crippen molar-refractivity contribution in [3.63, 3.8) is 0 Å². The van der Waals surface area contributed by atoms with Crippen molar-refractivity contribution in [3.8, 4) is 0 Å². The summed E-state index contributed by atoms with van der Waals surface area (Å²) >= 11 is 1.52. The van der Waals surface area contributed by atoms with E-state index in [2.05, 4.69) is 36.6 Å². The Morgan fingerprint density at radius 2 is 1.52 bits per heavy atom. The molecule has 0 bridgehead atoms. The van der Waals surface area contributed by atoms with Crippen molar-refractivity contribution >= 4 is 50.8 Å². The Balaban J connectivity index is 2.33. The van der Waals surface area contributed by atoms with Gasteiger partial charge >= 0.3 is 0 Å². The first-order valence-electron chi connectivity index (χ1n) is 17.6. The number of nitrogens with two attached hydrogens (primary N) is 2. The number of amides is 3. The zero-order valence-electron chi connectivity index (χ0n) is 30.3. The van der Waals surface area contributed by atoms with Crippen LogP contribution in [-0.4, -0.2) is 52.9 Å². The molecule has 0 aliphatic carbocycles. The van der Waals surface area contributed by atoms with Crippen LogP contribution in [0.3, 0.4) is 0 Å². The SMILES string of the molecule is CC[C@H](C)[C@H](NC(=O)[C@@H](CC(=O)C(C)C)Cc1nc2ccc(C(C)C)cc2s1)C(=O)C[C@@H](CCCCN)C(=O)N[C@@H](CC(C)C)C(N)=O. The molecule has 0 fully saturated rings. The zero-order chi connectivity index (χ0) is 36.1. The Labute approximate surface area is 291 Å². The average Bonchev–Trinajstić information content (AvgIpc) is 3.43. The van der Waals surface area contributed by atoms with Crippen molar-refractivity contribution in [3.05, 3.63) is 28.8 Å². The van der Waals surface area contributed by atoms with Crippen LogP contribution in [0, 0.1) is 29.6 Å². The highest BCUT2D eigenvalue weighted by Gasteiger charge is 2.34. The number of hydrogen-bond acceptors (Lipinski definition) is 8. The molecule has 0 saturated heterocycles. The molecule has 0 spiro atoms. The maximum atomic E-state index is 14.0. The van der Waals surface area contributed by atoms with E-state index >= 15 is 0 Å². The molecule has 0 radical (unpaired) electrons. The number of fused-ring (bicyclic) bond motifs is 1. The molecule has 268 valence electrons. The van der Waals surface area contributed by atoms with E-state index in [1.807, 2.05) is 47.6 Å². The number of Topliss-reactive ketones (excluding diaryl/α,β-unsaturated/α-hetero) is 2. The maximum absolute atomic E-state index is 14.0. The van der Waals surface area contributed by atoms with Gasteiger partial charge in [0.25, 0.3) is 0 Å². The third kappa shape index (κ3) is 12.7. The third-order valence-corrected chi connectivity index (χ3v) is 10.1. The van der Waals surface area contributed by atoms with E-state index in [1.54, 1.807) is 0 Å². The van der Waals surface area contributed by atoms with Gasteiger partial charge in [-0.05, 0) is 61.3 Å². The molecule has 0 aliphatic heterocycles. The van der Waals surface area contributed by atoms with Crippen molar-refractivity contribution < 1.29 is 24.0 Å². The fourth-order valence-corrected chi connectivity index (χ4v) is 6.76. The Kier molecular flexibility index (Phi) is 16.8. The number of primary amides is 1. The van der Waals surface area contributed by atoms with Crippen LogP contribution >= 0.6 is 11.3 Å². The number of benzene rings is 1. The minimum atomic E-state index is -0.851. The molecule has 5 atom stereocenters. The predicted octanol–water partition coefficient (Wildman–Crippen LogP) is 5.45. The average molecular weight is 686 g/mol. The molecular weight excluding hydrogens is 627 g/mol. The predicted molar refractivity (Wildman–Crippen MR) is 193 cm³/mol. The number of unbranched alkanes of at least 4 members (excludes halogenated alkanes) is 1. The van der Waals surface area contributed by atoms with Crippen molar-refractivity contribution in [2.45, 2.75) is 125 Å². The Hall–Kier alpha value is -3.18. The lowest BCUT2D eigenvalue weighted by molar-refractivity contribution is -0.136. The lowest BCUT2D eigenvalue weighted by Crippen LogP contribution is -2.50. The van der Waals surface area contributed by atoms with Crippen LogP contribution in [0.4, 0.5) is 0 Å². The van der Waals surface area contributed by atoms with Gasteiger partial charge in [-0.15, -0.1) is 11.3 Å². The number of aromatic nitrogens is 1. The zero-order valence-corrected chi connectivity index (χ0v) is 31.1. The number of hydrogen-bond donors (Lipinski definition) is 4. The number of carbonyl (C=O) groups excluding carboxylic acids is 5. The quantitative estimate of drug-likeness (QED) is 0.119. The molecule has 2 rings (SSSR count). The lowest BCUT2D eigenvalue weighted by atomic mass is 9.86. The van der Waals surface area contributed by atoms with Crippen LogP contribution < -0.4 is 22.1 Å². The van der Waals surface area contributed by atoms with Gasteiger partial charge in [0.1, 0.15) is 11.8 Å². The standard InChI is InChI=1S/C37H59N5O5S/c1-9-24(8)34(31(44)17-26(12-10-11-15-38)36(46)41-29(35(39)45)16-21(2)3)42-37(47)27(18-30(43)23(6)7)20-33-40-28-14-13-25(22(4)5)19-32(28)48-33/h13-14,19,21-24,26-27,29,34H,9-12,15-18,20,38H2,1-8H3,(H2,39,45)(H,41,46)(H,42,47)/t24-,26+,27-,29-,34-/m0/s1. The van der Waals surface area contributed by atoms with Crippen LogP contribution in [0.2, 0.25) is 0 Å². The first-order chi connectivity index (χ1) is 22.6. The van der Waals surface area contributed by atoms with Gasteiger partial charge in [0.05, 0.1) is 27.2 Å². The van der Waals surface area contributed by atoms with Crippen molar-refractivity contribution in [1.29, 1.82) is 0 Å². The van der Waals surface area contributed by atoms with Gasteiger partial charge in [-0.1, -0.05) is 74.3 Å². The van der Waals surface area contributed by atoms with Gasteiger partial charge in [0, 0.05) is 31.1 Å². The fourth-order valence-electron chi connectivity index (χ4n) is 5.67. The smallest absolute Gasteiger partial charge is 0.240 e. The largest absolute Gasteiger partial charge is 0.368 e. The number of thiazole rings is 1. The van der Waals surface area contributed by atoms with Crippen molar-refractivity contribution in [1.82, 2.24) is 15.6 Å². The van der Waals surface area contributed by atoms with Crippen LogP contribution in [-0.2, 0) is 30.4 Å². The summed E-state index contributed by atoms with van der Waals surface area (Å²) < 4.78 is 1.03. The Morgan fingerprint density at radius 3 is 2.08 bits per heavy atom. The summed E-state index contributed by atoms with van der Waals surface area (Å²) in [5.74, 6) is -3.09. The minimum absolute atomic E-state index is 0.0343. The molecule has 11 heteroatoms. The van der Waals surface area contributed by atoms with Gasteiger partial charge in [-0.25, -0.2) is 4.98 Å². The molecule has 48 heavy (non-hydrogen) atoms. The molecule has 10 nitrogen and oxygen atoms in total. The van der Waals surface area contributed by atoms with Gasteiger partial charge in [0.2, 0.25) is 17.7 Å². The summed E-state index contributed by atoms with van der Waals surface area (Å²) in [6.07, 6.45) is 2.93. The van der Waals surface area contributed by atoms with Gasteiger partial charge in [0.15, 0.2) is 5.78 Å². The van der Waals surface area contributed by atoms with Crippen LogP contribution in [0.25, 0.3) is 10.2 Å². The number of rotatable bonds is 22. The van der Waals surface area contributed by atoms with Crippen molar-refractivity contribution in [2.75, 3.05) is 6.54 Å². The highest BCUT2D eigenvalue weighted by atomic mass is 32.1. The molecule has 1 aromatic heterocycles. The normalized spacial score (nSPS) is 14.9. The highest BCUT2D eigenvalue weighted by molar-refractivity contribution is 7.18. The molecule has 3 amide bonds. The van der Waals surface area contributed by atoms with E-state index in [9.17, 15) is 24.0 Å². The fraction of sp³-hybridized carbons (Fsp3) is 0.676. The summed E-state index contributed by atoms with van der Waals surface area (Å²) in [5, 5.41) is 6.53. The summed E-state index contributed by atoms with van der Waals surface area (Å²) in [6.45, 7) is 16.1. The van der Waals surface area contributed by atoms with Crippen LogP contribution in [0.5, 0.6) is 0 Å². The van der Waals surface area contributed by atoms with Gasteiger partial charge < -0.3 is 22.1 Å². The number of ketones is 2. The van der Waals surface area contributed by atoms with Gasteiger partial charge in [-0.2, -0.15) is 0 Å². The topological polar surface area (TPSA) is 174 Å². The summed E-state index contributed by atoms with van der Waals surface area (Å²) in [6, 6.07) is 4.49. The van der Waals surface area contributed by atoms with E-state index in [1.165, 1.54) is 16.9 Å². The summed E-state index contributed by atoms with van der Waals surface area (Å²) in [7, 11) is 0. The second-order valence-electron chi connectivity index (χ2n) is 14.3. The second kappa shape index (κ2) is 19.7. The first-order valence-corrected chi connectivity index (χ1v) is 18.4. The second-order valence-corrected chi connectivity index (χ2v) is 15.4. The summed E-state index contributed by atoms with van der Waals surface area (Å²) in [4.78, 5) is 71.2. The molecule has 0 saturated carbocycles. The van der Waals surface area contributed by atoms with E-state index in [0.29, 0.717) is 44.6 Å². The van der Waals surface area contributed by atoms with E-state index in [0.717, 1.165) is 15.2 Å². The maximum Gasteiger partial charge on any atom is 0.240 e. The molecular formula is C37H59N5O5S. The van der Waals surface area contributed by atoms with Gasteiger partial charge in [-0.3, -0.25) is 24.0 Å².